The molecule has 6 rings (SSSR count). The number of allylic oxidation sites excluding steroid dienone is 1. The van der Waals surface area contributed by atoms with Gasteiger partial charge < -0.3 is 19.8 Å². The molecular weight excluding hydrogens is 604 g/mol. The van der Waals surface area contributed by atoms with Gasteiger partial charge in [-0.3, -0.25) is 24.5 Å². The molecule has 3 heterocycles. The fraction of sp³-hybridized carbons (Fsp3) is 0.294. The molecule has 2 amide bonds. The second-order valence-electron chi connectivity index (χ2n) is 11.6. The van der Waals surface area contributed by atoms with E-state index in [1.807, 2.05) is 42.5 Å². The molecule has 0 spiro atoms. The van der Waals surface area contributed by atoms with E-state index in [2.05, 4.69) is 10.3 Å². The third-order valence-electron chi connectivity index (χ3n) is 8.69. The predicted molar refractivity (Wildman–Crippen MR) is 172 cm³/mol. The first-order valence-electron chi connectivity index (χ1n) is 15.3. The predicted octanol–water partition coefficient (Wildman–Crippen LogP) is 4.28. The number of nitro groups is 1. The topological polar surface area (TPSA) is 164 Å². The van der Waals surface area contributed by atoms with Crippen molar-refractivity contribution in [1.82, 2.24) is 15.0 Å². The van der Waals surface area contributed by atoms with Gasteiger partial charge in [-0.05, 0) is 35.7 Å². The summed E-state index contributed by atoms with van der Waals surface area (Å²) >= 11 is 0. The maximum atomic E-state index is 14.0. The zero-order valence-electron chi connectivity index (χ0n) is 25.7. The van der Waals surface area contributed by atoms with Crippen LogP contribution in [0.5, 0.6) is 0 Å². The molecule has 0 bridgehead atoms. The van der Waals surface area contributed by atoms with E-state index >= 15 is 0 Å². The average molecular weight is 639 g/mol. The maximum Gasteiger partial charge on any atom is 0.414 e. The van der Waals surface area contributed by atoms with Crippen LogP contribution in [-0.2, 0) is 28.2 Å². The molecule has 13 heteroatoms. The number of hydrogen-bond acceptors (Lipinski definition) is 9. The number of aromatic nitrogens is 3. The summed E-state index contributed by atoms with van der Waals surface area (Å²) in [5.74, 6) is -1.64. The third kappa shape index (κ3) is 6.10. The molecule has 2 N–H and O–H groups in total. The normalized spacial score (nSPS) is 18.9. The number of ether oxygens (including phenoxy) is 1. The molecule has 3 aromatic carbocycles. The number of aliphatic hydroxyl groups is 2. The van der Waals surface area contributed by atoms with E-state index in [0.717, 1.165) is 5.56 Å². The summed E-state index contributed by atoms with van der Waals surface area (Å²) in [6.07, 6.45) is 5.40. The summed E-state index contributed by atoms with van der Waals surface area (Å²) in [5.41, 5.74) is 1.15. The summed E-state index contributed by atoms with van der Waals surface area (Å²) in [7, 11) is 0. The Morgan fingerprint density at radius 3 is 2.64 bits per heavy atom. The highest BCUT2D eigenvalue weighted by Gasteiger charge is 2.53. The minimum atomic E-state index is -2.06. The van der Waals surface area contributed by atoms with Crippen LogP contribution in [0.3, 0.4) is 0 Å². The molecule has 242 valence electrons. The quantitative estimate of drug-likeness (QED) is 0.131. The number of nitrogens with zero attached hydrogens (tertiary/aromatic N) is 6. The first kappa shape index (κ1) is 31.6. The molecule has 0 radical (unpaired) electrons. The maximum absolute atomic E-state index is 14.0. The minimum Gasteiger partial charge on any atom is -0.447 e. The Kier molecular flexibility index (Phi) is 8.83. The van der Waals surface area contributed by atoms with Gasteiger partial charge in [0.15, 0.2) is 5.60 Å². The van der Waals surface area contributed by atoms with Crippen LogP contribution in [0.25, 0.3) is 0 Å². The molecule has 0 aliphatic carbocycles. The van der Waals surface area contributed by atoms with E-state index in [1.165, 1.54) is 28.0 Å². The molecule has 0 saturated carbocycles. The van der Waals surface area contributed by atoms with Crippen LogP contribution in [0, 0.1) is 16.0 Å². The number of carbonyl (C=O) groups is 2. The Hall–Kier alpha value is -5.40. The number of non-ortho nitro benzene ring substituents is 1. The number of anilines is 2. The van der Waals surface area contributed by atoms with Crippen molar-refractivity contribution in [3.63, 3.8) is 0 Å². The molecular formula is C34H34N6O7. The van der Waals surface area contributed by atoms with Crippen molar-refractivity contribution in [2.45, 2.75) is 38.0 Å². The first-order valence-corrected chi connectivity index (χ1v) is 15.3. The van der Waals surface area contributed by atoms with Crippen LogP contribution >= 0.6 is 0 Å². The van der Waals surface area contributed by atoms with Crippen molar-refractivity contribution in [3.8, 4) is 0 Å². The zero-order chi connectivity index (χ0) is 33.1. The molecule has 1 saturated heterocycles. The van der Waals surface area contributed by atoms with E-state index in [1.54, 1.807) is 42.1 Å². The number of benzene rings is 3. The standard InChI is InChI=1S/C34H34N6O7/c1-23(8-5-6-15-37-21-30(35-36-37)28(22-41)25-10-3-2-4-11-25)34(44)29-19-27(40(45)46)13-14-31(29)39(32(34)42)20-24-9-7-12-26(18-24)38-16-17-47-33(38)43/h2-5,7-14,18-19,21,23,28,41,44H,6,15-17,20,22H2,1H3/b8-5+/t23-,28?,34+/m0/s1. The fourth-order valence-corrected chi connectivity index (χ4v) is 6.12. The van der Waals surface area contributed by atoms with Gasteiger partial charge in [-0.25, -0.2) is 4.79 Å². The molecule has 47 heavy (non-hydrogen) atoms. The molecule has 1 unspecified atom stereocenters. The lowest BCUT2D eigenvalue weighted by Crippen LogP contribution is -2.44. The summed E-state index contributed by atoms with van der Waals surface area (Å²) in [6.45, 7) is 2.82. The number of nitro benzene ring substituents is 1. The second-order valence-corrected chi connectivity index (χ2v) is 11.6. The van der Waals surface area contributed by atoms with Gasteiger partial charge in [0.05, 0.1) is 41.9 Å². The smallest absolute Gasteiger partial charge is 0.414 e. The number of cyclic esters (lactones) is 1. The average Bonchev–Trinajstić information content (AvgIpc) is 3.78. The van der Waals surface area contributed by atoms with Gasteiger partial charge in [0.1, 0.15) is 6.61 Å². The number of fused-ring (bicyclic) bond motifs is 1. The number of hydrogen-bond donors (Lipinski definition) is 2. The van der Waals surface area contributed by atoms with Gasteiger partial charge in [-0.2, -0.15) is 0 Å². The number of rotatable bonds is 12. The molecule has 2 aliphatic rings. The van der Waals surface area contributed by atoms with E-state index < -0.39 is 28.4 Å². The largest absolute Gasteiger partial charge is 0.447 e. The Morgan fingerprint density at radius 1 is 1.11 bits per heavy atom. The van der Waals surface area contributed by atoms with E-state index in [-0.39, 0.29) is 36.9 Å². The van der Waals surface area contributed by atoms with Crippen molar-refractivity contribution in [2.75, 3.05) is 29.6 Å². The highest BCUT2D eigenvalue weighted by Crippen LogP contribution is 2.47. The van der Waals surface area contributed by atoms with E-state index in [0.29, 0.717) is 42.1 Å². The van der Waals surface area contributed by atoms with Gasteiger partial charge in [0.2, 0.25) is 0 Å². The lowest BCUT2D eigenvalue weighted by Gasteiger charge is -2.27. The van der Waals surface area contributed by atoms with Gasteiger partial charge in [0, 0.05) is 42.0 Å². The van der Waals surface area contributed by atoms with Crippen LogP contribution in [0.4, 0.5) is 21.9 Å². The lowest BCUT2D eigenvalue weighted by molar-refractivity contribution is -0.385. The molecule has 3 atom stereocenters. The number of amides is 2. The number of carbonyl (C=O) groups excluding carboxylic acids is 2. The molecule has 2 aliphatic heterocycles. The summed E-state index contributed by atoms with van der Waals surface area (Å²) < 4.78 is 6.72. The Morgan fingerprint density at radius 2 is 1.91 bits per heavy atom. The van der Waals surface area contributed by atoms with Crippen LogP contribution < -0.4 is 9.80 Å². The minimum absolute atomic E-state index is 0.0750. The SMILES string of the molecule is C[C@@H](/C=C/CCn1cc(C(CO)c2ccccc2)nn1)[C@]1(O)C(=O)N(Cc2cccc(N3CCOC3=O)c2)c2ccc([N+](=O)[O-])cc21. The monoisotopic (exact) mass is 638 g/mol. The van der Waals surface area contributed by atoms with Crippen molar-refractivity contribution >= 4 is 29.1 Å². The van der Waals surface area contributed by atoms with Gasteiger partial charge in [0.25, 0.3) is 11.6 Å². The Bertz CT molecular complexity index is 1830. The van der Waals surface area contributed by atoms with Crippen LogP contribution in [0.15, 0.2) is 91.1 Å². The van der Waals surface area contributed by atoms with Crippen LogP contribution in [-0.4, -0.2) is 61.9 Å². The number of aliphatic hydroxyl groups excluding tert-OH is 1. The van der Waals surface area contributed by atoms with E-state index in [4.69, 9.17) is 4.74 Å². The zero-order valence-corrected chi connectivity index (χ0v) is 25.7. The summed E-state index contributed by atoms with van der Waals surface area (Å²) in [4.78, 5) is 40.1. The van der Waals surface area contributed by atoms with Gasteiger partial charge in [-0.15, -0.1) is 5.10 Å². The lowest BCUT2D eigenvalue weighted by atomic mass is 9.82. The number of aryl methyl sites for hydroxylation is 1. The Balaban J connectivity index is 1.19. The second kappa shape index (κ2) is 13.1. The van der Waals surface area contributed by atoms with Crippen molar-refractivity contribution in [1.29, 1.82) is 0 Å². The highest BCUT2D eigenvalue weighted by molar-refractivity contribution is 6.07. The summed E-state index contributed by atoms with van der Waals surface area (Å²) in [6, 6.07) is 20.8. The van der Waals surface area contributed by atoms with Crippen LogP contribution in [0.1, 0.15) is 41.6 Å². The first-order chi connectivity index (χ1) is 22.7. The van der Waals surface area contributed by atoms with Gasteiger partial charge in [-0.1, -0.05) is 66.8 Å². The highest BCUT2D eigenvalue weighted by atomic mass is 16.6. The molecule has 4 aromatic rings. The molecule has 1 aromatic heterocycles. The van der Waals surface area contributed by atoms with E-state index in [9.17, 15) is 29.9 Å². The van der Waals surface area contributed by atoms with Crippen molar-refractivity contribution in [3.05, 3.63) is 124 Å². The fourth-order valence-electron chi connectivity index (χ4n) is 6.12. The van der Waals surface area contributed by atoms with Gasteiger partial charge >= 0.3 is 6.09 Å². The Labute approximate surface area is 270 Å². The summed E-state index contributed by atoms with van der Waals surface area (Å²) in [5, 5.41) is 42.1. The molecule has 13 nitrogen and oxygen atoms in total. The third-order valence-corrected chi connectivity index (χ3v) is 8.69. The van der Waals surface area contributed by atoms with Crippen LogP contribution in [0.2, 0.25) is 0 Å². The van der Waals surface area contributed by atoms with Crippen molar-refractivity contribution < 1.29 is 29.5 Å². The molecule has 1 fully saturated rings. The van der Waals surface area contributed by atoms with Crippen molar-refractivity contribution in [2.24, 2.45) is 5.92 Å².